The number of hydrogen-bond donors (Lipinski definition) is 2. The first-order chi connectivity index (χ1) is 6.59. The molecule has 15 heavy (non-hydrogen) atoms. The van der Waals surface area contributed by atoms with Crippen LogP contribution in [0.15, 0.2) is 0 Å². The molecule has 5 nitrogen and oxygen atoms in total. The predicted octanol–water partition coefficient (Wildman–Crippen LogP) is -0.283. The van der Waals surface area contributed by atoms with Gasteiger partial charge in [-0.05, 0) is 0 Å². The molecule has 0 saturated carbocycles. The maximum atomic E-state index is 12.1. The van der Waals surface area contributed by atoms with Gasteiger partial charge < -0.3 is 5.73 Å². The Balaban J connectivity index is 4.27. The molecular formula is C5H5F5N2O3. The van der Waals surface area contributed by atoms with Gasteiger partial charge in [0.2, 0.25) is 5.91 Å². The minimum absolute atomic E-state index is 0.751. The first kappa shape index (κ1) is 13.6. The molecule has 0 rings (SSSR count). The first-order valence-electron chi connectivity index (χ1n) is 3.24. The van der Waals surface area contributed by atoms with Gasteiger partial charge in [0, 0.05) is 0 Å². The van der Waals surface area contributed by atoms with E-state index >= 15 is 0 Å². The zero-order valence-corrected chi connectivity index (χ0v) is 6.90. The molecule has 0 aliphatic heterocycles. The minimum Gasteiger partial charge on any atom is -0.368 e. The maximum absolute atomic E-state index is 12.1. The summed E-state index contributed by atoms with van der Waals surface area (Å²) in [6, 6.07) is 0. The molecule has 0 aliphatic rings. The molecule has 88 valence electrons. The fourth-order valence-electron chi connectivity index (χ4n) is 0.366. The highest BCUT2D eigenvalue weighted by Gasteiger charge is 2.63. The van der Waals surface area contributed by atoms with Crippen molar-refractivity contribution in [1.82, 2.24) is 5.48 Å². The Bertz CT molecular complexity index is 264. The van der Waals surface area contributed by atoms with Gasteiger partial charge in [-0.3, -0.25) is 14.4 Å². The summed E-state index contributed by atoms with van der Waals surface area (Å²) in [6.07, 6.45) is -6.03. The van der Waals surface area contributed by atoms with Gasteiger partial charge in [0.1, 0.15) is 0 Å². The molecule has 10 heteroatoms. The smallest absolute Gasteiger partial charge is 0.368 e. The molecule has 0 aromatic heterocycles. The summed E-state index contributed by atoms with van der Waals surface area (Å²) in [5, 5.41) is 0. The van der Waals surface area contributed by atoms with Gasteiger partial charge in [0.05, 0.1) is 0 Å². The van der Waals surface area contributed by atoms with Gasteiger partial charge in [-0.1, -0.05) is 0 Å². The standard InChI is InChI=1S/C5H5F5N2O3/c6-4(7,5(8,9)10)3(14)12-15-1-2(11)13/h1H2,(H2,11,13)(H,12,14). The highest BCUT2D eigenvalue weighted by Crippen LogP contribution is 2.35. The van der Waals surface area contributed by atoms with E-state index in [-0.39, 0.29) is 0 Å². The van der Waals surface area contributed by atoms with Crippen molar-refractivity contribution in [1.29, 1.82) is 0 Å². The molecule has 0 unspecified atom stereocenters. The number of amides is 2. The van der Waals surface area contributed by atoms with E-state index in [4.69, 9.17) is 0 Å². The van der Waals surface area contributed by atoms with Gasteiger partial charge in [0.25, 0.3) is 0 Å². The van der Waals surface area contributed by atoms with Gasteiger partial charge >= 0.3 is 18.0 Å². The van der Waals surface area contributed by atoms with Crippen molar-refractivity contribution < 1.29 is 36.4 Å². The average molecular weight is 236 g/mol. The highest BCUT2D eigenvalue weighted by atomic mass is 19.4. The Morgan fingerprint density at radius 1 is 1.20 bits per heavy atom. The number of alkyl halides is 5. The molecule has 0 spiro atoms. The molecule has 0 heterocycles. The van der Waals surface area contributed by atoms with E-state index < -0.39 is 30.5 Å². The Labute approximate surface area is 79.3 Å². The lowest BCUT2D eigenvalue weighted by Gasteiger charge is -2.17. The van der Waals surface area contributed by atoms with Crippen molar-refractivity contribution in [3.05, 3.63) is 0 Å². The summed E-state index contributed by atoms with van der Waals surface area (Å²) in [7, 11) is 0. The fourth-order valence-corrected chi connectivity index (χ4v) is 0.366. The summed E-state index contributed by atoms with van der Waals surface area (Å²) >= 11 is 0. The second-order valence-corrected chi connectivity index (χ2v) is 2.26. The normalized spacial score (nSPS) is 12.3. The van der Waals surface area contributed by atoms with E-state index in [1.54, 1.807) is 0 Å². The van der Waals surface area contributed by atoms with Crippen LogP contribution in [0.1, 0.15) is 0 Å². The lowest BCUT2D eigenvalue weighted by atomic mass is 10.3. The van der Waals surface area contributed by atoms with Crippen LogP contribution < -0.4 is 11.2 Å². The van der Waals surface area contributed by atoms with Crippen LogP contribution in [0.3, 0.4) is 0 Å². The van der Waals surface area contributed by atoms with Gasteiger partial charge in [0.15, 0.2) is 6.61 Å². The van der Waals surface area contributed by atoms with Crippen molar-refractivity contribution in [2.45, 2.75) is 12.1 Å². The third-order valence-corrected chi connectivity index (χ3v) is 1.02. The van der Waals surface area contributed by atoms with Crippen LogP contribution in [0, 0.1) is 0 Å². The molecule has 0 aromatic carbocycles. The van der Waals surface area contributed by atoms with E-state index in [2.05, 4.69) is 10.6 Å². The van der Waals surface area contributed by atoms with Crippen LogP contribution in [-0.2, 0) is 14.4 Å². The van der Waals surface area contributed by atoms with Gasteiger partial charge in [-0.2, -0.15) is 22.0 Å². The highest BCUT2D eigenvalue weighted by molar-refractivity contribution is 5.83. The van der Waals surface area contributed by atoms with Gasteiger partial charge in [-0.25, -0.2) is 5.48 Å². The number of halogens is 5. The van der Waals surface area contributed by atoms with Crippen molar-refractivity contribution in [3.63, 3.8) is 0 Å². The zero-order chi connectivity index (χ0) is 12.3. The SMILES string of the molecule is NC(=O)CONC(=O)C(F)(F)C(F)(F)F. The van der Waals surface area contributed by atoms with Crippen LogP contribution in [-0.4, -0.2) is 30.5 Å². The van der Waals surface area contributed by atoms with E-state index in [0.29, 0.717) is 0 Å². The summed E-state index contributed by atoms with van der Waals surface area (Å²) in [4.78, 5) is 23.9. The number of nitrogens with one attached hydrogen (secondary N) is 1. The molecule has 0 atom stereocenters. The summed E-state index contributed by atoms with van der Waals surface area (Å²) in [5.74, 6) is -9.47. The average Bonchev–Trinajstić information content (AvgIpc) is 2.01. The molecule has 0 fully saturated rings. The third-order valence-electron chi connectivity index (χ3n) is 1.02. The van der Waals surface area contributed by atoms with Crippen LogP contribution in [0.4, 0.5) is 22.0 Å². The second-order valence-electron chi connectivity index (χ2n) is 2.26. The number of rotatable bonds is 4. The molecule has 0 aromatic rings. The van der Waals surface area contributed by atoms with E-state index in [0.717, 1.165) is 5.48 Å². The number of primary amides is 1. The Kier molecular flexibility index (Phi) is 3.96. The number of hydroxylamine groups is 1. The molecule has 2 amide bonds. The number of nitrogens with two attached hydrogens (primary N) is 1. The molecule has 0 aliphatic carbocycles. The van der Waals surface area contributed by atoms with E-state index in [9.17, 15) is 31.5 Å². The monoisotopic (exact) mass is 236 g/mol. The summed E-state index contributed by atoms with van der Waals surface area (Å²) in [5.41, 5.74) is 5.20. The molecular weight excluding hydrogens is 231 g/mol. The van der Waals surface area contributed by atoms with Crippen molar-refractivity contribution in [2.75, 3.05) is 6.61 Å². The van der Waals surface area contributed by atoms with Crippen LogP contribution in [0.25, 0.3) is 0 Å². The number of hydrogen-bond acceptors (Lipinski definition) is 3. The number of carbonyl (C=O) groups is 2. The van der Waals surface area contributed by atoms with E-state index in [1.807, 2.05) is 0 Å². The van der Waals surface area contributed by atoms with E-state index in [1.165, 1.54) is 0 Å². The predicted molar refractivity (Wildman–Crippen MR) is 34.3 cm³/mol. The van der Waals surface area contributed by atoms with Crippen molar-refractivity contribution in [2.24, 2.45) is 5.73 Å². The minimum atomic E-state index is -6.03. The lowest BCUT2D eigenvalue weighted by Crippen LogP contribution is -2.50. The summed E-state index contributed by atoms with van der Waals surface area (Å²) < 4.78 is 58.8. The Hall–Kier alpha value is -1.45. The van der Waals surface area contributed by atoms with Crippen molar-refractivity contribution in [3.8, 4) is 0 Å². The summed E-state index contributed by atoms with van der Waals surface area (Å²) in [6.45, 7) is -1.01. The quantitative estimate of drug-likeness (QED) is 0.520. The third kappa shape index (κ3) is 3.65. The van der Waals surface area contributed by atoms with Crippen LogP contribution in [0.5, 0.6) is 0 Å². The van der Waals surface area contributed by atoms with Crippen molar-refractivity contribution >= 4 is 11.8 Å². The van der Waals surface area contributed by atoms with Gasteiger partial charge in [-0.15, -0.1) is 0 Å². The Morgan fingerprint density at radius 2 is 1.67 bits per heavy atom. The molecule has 0 radical (unpaired) electrons. The van der Waals surface area contributed by atoms with Crippen LogP contribution >= 0.6 is 0 Å². The lowest BCUT2D eigenvalue weighted by molar-refractivity contribution is -0.273. The molecule has 0 bridgehead atoms. The zero-order valence-electron chi connectivity index (χ0n) is 6.90. The largest absolute Gasteiger partial charge is 0.463 e. The molecule has 0 saturated heterocycles. The topological polar surface area (TPSA) is 81.4 Å². The second kappa shape index (κ2) is 4.38. The fraction of sp³-hybridized carbons (Fsp3) is 0.600. The maximum Gasteiger partial charge on any atom is 0.463 e. The van der Waals surface area contributed by atoms with Crippen LogP contribution in [0.2, 0.25) is 0 Å². The molecule has 3 N–H and O–H groups in total. The Morgan fingerprint density at radius 3 is 2.00 bits per heavy atom. The first-order valence-corrected chi connectivity index (χ1v) is 3.24. The number of carbonyl (C=O) groups excluding carboxylic acids is 2.